The Hall–Kier alpha value is -2.40. The highest BCUT2D eigenvalue weighted by Gasteiger charge is 2.07. The van der Waals surface area contributed by atoms with E-state index < -0.39 is 0 Å². The van der Waals surface area contributed by atoms with Gasteiger partial charge in [-0.3, -0.25) is 0 Å². The number of benzene rings is 2. The van der Waals surface area contributed by atoms with Crippen LogP contribution in [0.15, 0.2) is 71.5 Å². The van der Waals surface area contributed by atoms with Crippen LogP contribution in [-0.2, 0) is 11.3 Å². The van der Waals surface area contributed by atoms with E-state index in [1.165, 1.54) is 0 Å². The fourth-order valence-corrected chi connectivity index (χ4v) is 2.41. The van der Waals surface area contributed by atoms with E-state index in [0.29, 0.717) is 5.56 Å². The molecule has 0 aliphatic rings. The smallest absolute Gasteiger partial charge is 0.338 e. The van der Waals surface area contributed by atoms with Gasteiger partial charge in [-0.05, 0) is 42.0 Å². The van der Waals surface area contributed by atoms with Crippen molar-refractivity contribution in [3.8, 4) is 5.69 Å². The van der Waals surface area contributed by atoms with Gasteiger partial charge in [0.05, 0.1) is 11.3 Å². The predicted octanol–water partition coefficient (Wildman–Crippen LogP) is 3.99. The fraction of sp³-hybridized carbons (Fsp3) is 0.0588. The van der Waals surface area contributed by atoms with E-state index in [0.717, 1.165) is 15.7 Å². The summed E-state index contributed by atoms with van der Waals surface area (Å²) in [5.74, 6) is -0.336. The summed E-state index contributed by atoms with van der Waals surface area (Å²) in [7, 11) is 0. The summed E-state index contributed by atoms with van der Waals surface area (Å²) < 4.78 is 7.94. The lowest BCUT2D eigenvalue weighted by Crippen LogP contribution is -2.05. The number of carbonyl (C=O) groups excluding carboxylic acids is 1. The Kier molecular flexibility index (Phi) is 4.34. The fourth-order valence-electron chi connectivity index (χ4n) is 2.01. The van der Waals surface area contributed by atoms with Gasteiger partial charge in [-0.2, -0.15) is 5.10 Å². The maximum atomic E-state index is 12.0. The van der Waals surface area contributed by atoms with E-state index in [2.05, 4.69) is 21.0 Å². The monoisotopic (exact) mass is 356 g/mol. The van der Waals surface area contributed by atoms with Crippen LogP contribution >= 0.6 is 15.9 Å². The quantitative estimate of drug-likeness (QED) is 0.663. The molecule has 0 saturated heterocycles. The second kappa shape index (κ2) is 6.58. The summed E-state index contributed by atoms with van der Waals surface area (Å²) in [5, 5.41) is 4.17. The first-order valence-electron chi connectivity index (χ1n) is 6.74. The number of carbonyl (C=O) groups is 1. The number of ether oxygens (including phenoxy) is 1. The molecule has 5 heteroatoms. The maximum Gasteiger partial charge on any atom is 0.338 e. The van der Waals surface area contributed by atoms with E-state index in [1.807, 2.05) is 42.6 Å². The summed E-state index contributed by atoms with van der Waals surface area (Å²) in [6, 6.07) is 16.7. The zero-order chi connectivity index (χ0) is 15.4. The standard InChI is InChI=1S/C17H13BrN2O2/c18-15-4-1-3-14(11-15)17(21)22-12-13-5-7-16(8-6-13)20-10-2-9-19-20/h1-11H,12H2. The van der Waals surface area contributed by atoms with Crippen molar-refractivity contribution in [3.63, 3.8) is 0 Å². The van der Waals surface area contributed by atoms with E-state index in [4.69, 9.17) is 4.74 Å². The van der Waals surface area contributed by atoms with Crippen molar-refractivity contribution in [2.24, 2.45) is 0 Å². The highest BCUT2D eigenvalue weighted by molar-refractivity contribution is 9.10. The molecular weight excluding hydrogens is 344 g/mol. The molecule has 4 nitrogen and oxygen atoms in total. The average Bonchev–Trinajstić information content (AvgIpc) is 3.07. The van der Waals surface area contributed by atoms with Crippen molar-refractivity contribution in [1.82, 2.24) is 9.78 Å². The van der Waals surface area contributed by atoms with Crippen LogP contribution in [0.4, 0.5) is 0 Å². The lowest BCUT2D eigenvalue weighted by atomic mass is 10.2. The van der Waals surface area contributed by atoms with Crippen LogP contribution in [0.25, 0.3) is 5.69 Å². The predicted molar refractivity (Wildman–Crippen MR) is 86.8 cm³/mol. The van der Waals surface area contributed by atoms with Crippen LogP contribution < -0.4 is 0 Å². The van der Waals surface area contributed by atoms with Gasteiger partial charge in [0.2, 0.25) is 0 Å². The molecule has 2 aromatic carbocycles. The molecule has 0 N–H and O–H groups in total. The molecule has 0 aliphatic heterocycles. The number of rotatable bonds is 4. The normalized spacial score (nSPS) is 10.4. The number of aromatic nitrogens is 2. The molecule has 0 radical (unpaired) electrons. The van der Waals surface area contributed by atoms with Crippen molar-refractivity contribution >= 4 is 21.9 Å². The van der Waals surface area contributed by atoms with Crippen LogP contribution in [0.2, 0.25) is 0 Å². The molecule has 1 heterocycles. The molecule has 0 unspecified atom stereocenters. The number of hydrogen-bond donors (Lipinski definition) is 0. The summed E-state index contributed by atoms with van der Waals surface area (Å²) in [4.78, 5) is 12.0. The first-order valence-corrected chi connectivity index (χ1v) is 7.53. The molecule has 0 saturated carbocycles. The van der Waals surface area contributed by atoms with Gasteiger partial charge in [-0.1, -0.05) is 34.1 Å². The Balaban J connectivity index is 1.63. The number of halogens is 1. The van der Waals surface area contributed by atoms with Crippen LogP contribution in [0.1, 0.15) is 15.9 Å². The van der Waals surface area contributed by atoms with Gasteiger partial charge in [0.25, 0.3) is 0 Å². The minimum atomic E-state index is -0.336. The maximum absolute atomic E-state index is 12.0. The molecule has 22 heavy (non-hydrogen) atoms. The third-order valence-corrected chi connectivity index (χ3v) is 3.63. The highest BCUT2D eigenvalue weighted by atomic mass is 79.9. The molecule has 0 fully saturated rings. The Labute approximate surface area is 136 Å². The molecule has 0 atom stereocenters. The molecule has 0 aliphatic carbocycles. The average molecular weight is 357 g/mol. The third-order valence-electron chi connectivity index (χ3n) is 3.14. The van der Waals surface area contributed by atoms with Crippen LogP contribution in [-0.4, -0.2) is 15.7 Å². The topological polar surface area (TPSA) is 44.1 Å². The van der Waals surface area contributed by atoms with Gasteiger partial charge in [-0.25, -0.2) is 9.48 Å². The van der Waals surface area contributed by atoms with Crippen molar-refractivity contribution in [2.45, 2.75) is 6.61 Å². The SMILES string of the molecule is O=C(OCc1ccc(-n2cccn2)cc1)c1cccc(Br)c1. The van der Waals surface area contributed by atoms with Crippen molar-refractivity contribution in [3.05, 3.63) is 82.6 Å². The van der Waals surface area contributed by atoms with Crippen LogP contribution in [0.3, 0.4) is 0 Å². The van der Waals surface area contributed by atoms with Gasteiger partial charge in [0.15, 0.2) is 0 Å². The van der Waals surface area contributed by atoms with Gasteiger partial charge in [-0.15, -0.1) is 0 Å². The molecule has 0 amide bonds. The summed E-state index contributed by atoms with van der Waals surface area (Å²) in [6.45, 7) is 0.241. The van der Waals surface area contributed by atoms with E-state index >= 15 is 0 Å². The Morgan fingerprint density at radius 2 is 1.95 bits per heavy atom. The molecule has 3 rings (SSSR count). The summed E-state index contributed by atoms with van der Waals surface area (Å²) in [5.41, 5.74) is 2.42. The minimum absolute atomic E-state index is 0.241. The minimum Gasteiger partial charge on any atom is -0.457 e. The Morgan fingerprint density at radius 3 is 2.64 bits per heavy atom. The lowest BCUT2D eigenvalue weighted by Gasteiger charge is -2.07. The van der Waals surface area contributed by atoms with Crippen molar-refractivity contribution in [2.75, 3.05) is 0 Å². The van der Waals surface area contributed by atoms with E-state index in [-0.39, 0.29) is 12.6 Å². The Morgan fingerprint density at radius 1 is 1.14 bits per heavy atom. The first-order chi connectivity index (χ1) is 10.7. The Bertz CT molecular complexity index is 768. The largest absolute Gasteiger partial charge is 0.457 e. The van der Waals surface area contributed by atoms with Gasteiger partial charge in [0.1, 0.15) is 6.61 Å². The van der Waals surface area contributed by atoms with Crippen molar-refractivity contribution < 1.29 is 9.53 Å². The van der Waals surface area contributed by atoms with Gasteiger partial charge < -0.3 is 4.74 Å². The molecule has 1 aromatic heterocycles. The molecular formula is C17H13BrN2O2. The van der Waals surface area contributed by atoms with Gasteiger partial charge in [0, 0.05) is 16.9 Å². The first kappa shape index (κ1) is 14.5. The zero-order valence-electron chi connectivity index (χ0n) is 11.6. The van der Waals surface area contributed by atoms with E-state index in [1.54, 1.807) is 29.1 Å². The van der Waals surface area contributed by atoms with Crippen LogP contribution in [0.5, 0.6) is 0 Å². The summed E-state index contributed by atoms with van der Waals surface area (Å²) in [6.07, 6.45) is 3.61. The van der Waals surface area contributed by atoms with Gasteiger partial charge >= 0.3 is 5.97 Å². The molecule has 0 bridgehead atoms. The number of esters is 1. The number of hydrogen-bond acceptors (Lipinski definition) is 3. The summed E-state index contributed by atoms with van der Waals surface area (Å²) >= 11 is 3.34. The van der Waals surface area contributed by atoms with Crippen molar-refractivity contribution in [1.29, 1.82) is 0 Å². The second-order valence-electron chi connectivity index (χ2n) is 4.70. The molecule has 0 spiro atoms. The molecule has 110 valence electrons. The van der Waals surface area contributed by atoms with E-state index in [9.17, 15) is 4.79 Å². The van der Waals surface area contributed by atoms with Crippen LogP contribution in [0, 0.1) is 0 Å². The number of nitrogens with zero attached hydrogens (tertiary/aromatic N) is 2. The third kappa shape index (κ3) is 3.43. The molecule has 3 aromatic rings. The second-order valence-corrected chi connectivity index (χ2v) is 5.62. The zero-order valence-corrected chi connectivity index (χ0v) is 13.2. The lowest BCUT2D eigenvalue weighted by molar-refractivity contribution is 0.0472. The highest BCUT2D eigenvalue weighted by Crippen LogP contribution is 2.14.